The standard InChI is InChI=1S/C22H27FN9O7PS/c1-9-2-3-10-4-12(11-5-25-18-20(34)26-7-28-32(11)18)38-13(10)6-37-40(36,41)39-16(14(9)23)21(35)31-8-27-15-17(31)29-22(24)30-19(15)33/h5,7-10,12-14,16,21,35H,2-4,6H2,1H3,(H,36,41)(H,26,28,34)(H3,24,29,30,33)/t9?,10-,12+,13+,14+,16+,21+,40?/m0/s1. The smallest absolute Gasteiger partial charge is 0.325 e. The minimum absolute atomic E-state index is 0.0958. The first-order valence-electron chi connectivity index (χ1n) is 12.8. The van der Waals surface area contributed by atoms with Crippen LogP contribution in [0, 0.1) is 11.8 Å². The number of imidazole rings is 2. The Morgan fingerprint density at radius 1 is 1.27 bits per heavy atom. The molecule has 2 saturated heterocycles. The van der Waals surface area contributed by atoms with E-state index in [0.29, 0.717) is 25.0 Å². The van der Waals surface area contributed by atoms with Gasteiger partial charge in [0, 0.05) is 0 Å². The zero-order valence-electron chi connectivity index (χ0n) is 21.5. The molecule has 19 heteroatoms. The number of nitrogens with one attached hydrogen (secondary N) is 2. The number of aromatic amines is 2. The van der Waals surface area contributed by atoms with Crippen molar-refractivity contribution in [3.63, 3.8) is 0 Å². The highest BCUT2D eigenvalue weighted by atomic mass is 32.5. The molecule has 0 aromatic carbocycles. The van der Waals surface area contributed by atoms with Crippen LogP contribution in [0.4, 0.5) is 10.3 Å². The first-order chi connectivity index (χ1) is 19.5. The van der Waals surface area contributed by atoms with Gasteiger partial charge in [0.15, 0.2) is 17.4 Å². The normalized spacial score (nSPS) is 32.1. The first kappa shape index (κ1) is 28.0. The minimum atomic E-state index is -4.12. The number of aromatic nitrogens is 8. The summed E-state index contributed by atoms with van der Waals surface area (Å²) in [5.41, 5.74) is 5.09. The highest BCUT2D eigenvalue weighted by Crippen LogP contribution is 2.50. The molecule has 6 heterocycles. The molecule has 0 bridgehead atoms. The fourth-order valence-electron chi connectivity index (χ4n) is 5.42. The number of hydrogen-bond donors (Lipinski definition) is 5. The summed E-state index contributed by atoms with van der Waals surface area (Å²) >= 11 is 5.20. The highest BCUT2D eigenvalue weighted by molar-refractivity contribution is 8.07. The fourth-order valence-corrected chi connectivity index (χ4v) is 6.83. The second-order valence-electron chi connectivity index (χ2n) is 10.2. The molecule has 0 spiro atoms. The van der Waals surface area contributed by atoms with E-state index in [1.807, 2.05) is 0 Å². The fraction of sp³-hybridized carbons (Fsp3) is 0.545. The number of nitrogen functional groups attached to an aromatic ring is 1. The molecule has 4 aromatic heterocycles. The molecule has 0 radical (unpaired) electrons. The van der Waals surface area contributed by atoms with Crippen molar-refractivity contribution in [3.05, 3.63) is 45.3 Å². The summed E-state index contributed by atoms with van der Waals surface area (Å²) in [7, 11) is 0. The predicted octanol–water partition coefficient (Wildman–Crippen LogP) is 0.457. The number of fused-ring (bicyclic) bond motifs is 3. The highest BCUT2D eigenvalue weighted by Gasteiger charge is 2.43. The first-order valence-corrected chi connectivity index (χ1v) is 15.4. The Kier molecular flexibility index (Phi) is 7.25. The third-order valence-corrected chi connectivity index (χ3v) is 9.14. The van der Waals surface area contributed by atoms with E-state index in [0.717, 1.165) is 10.9 Å². The van der Waals surface area contributed by atoms with Crippen LogP contribution in [0.3, 0.4) is 0 Å². The molecule has 220 valence electrons. The lowest BCUT2D eigenvalue weighted by Gasteiger charge is -2.32. The van der Waals surface area contributed by atoms with Crippen molar-refractivity contribution in [1.82, 2.24) is 39.1 Å². The molecule has 41 heavy (non-hydrogen) atoms. The van der Waals surface area contributed by atoms with Crippen LogP contribution < -0.4 is 16.9 Å². The van der Waals surface area contributed by atoms with Gasteiger partial charge in [-0.05, 0) is 42.9 Å². The van der Waals surface area contributed by atoms with Gasteiger partial charge in [0.2, 0.25) is 11.6 Å². The zero-order chi connectivity index (χ0) is 29.1. The Hall–Kier alpha value is -3.12. The van der Waals surface area contributed by atoms with E-state index in [9.17, 15) is 19.6 Å². The zero-order valence-corrected chi connectivity index (χ0v) is 23.2. The van der Waals surface area contributed by atoms with Crippen LogP contribution in [0.1, 0.15) is 44.2 Å². The Bertz CT molecular complexity index is 1760. The number of anilines is 1. The number of rotatable bonds is 3. The van der Waals surface area contributed by atoms with E-state index in [1.54, 1.807) is 6.92 Å². The van der Waals surface area contributed by atoms with Crippen LogP contribution in [0.15, 0.2) is 28.4 Å². The lowest BCUT2D eigenvalue weighted by Crippen LogP contribution is -2.38. The van der Waals surface area contributed by atoms with Crippen molar-refractivity contribution in [2.75, 3.05) is 12.3 Å². The molecule has 0 saturated carbocycles. The molecular formula is C22H27FN9O7PS. The topological polar surface area (TPSA) is 221 Å². The number of alkyl halides is 1. The SMILES string of the molecule is CC1CC[C@H]2C[C@H](c3cnc4c(=O)[nH]cnn34)O[C@@H]2COP(O)(=S)O[C@@H]([C@@H](O)n2cnc3c(=O)[nH]c(N)nc32)[C@@H]1F. The number of aliphatic hydroxyl groups excluding tert-OH is 1. The van der Waals surface area contributed by atoms with Gasteiger partial charge in [0.1, 0.15) is 24.7 Å². The van der Waals surface area contributed by atoms with Gasteiger partial charge in [-0.3, -0.25) is 23.7 Å². The number of nitrogens with two attached hydrogens (primary N) is 1. The molecule has 16 nitrogen and oxygen atoms in total. The van der Waals surface area contributed by atoms with Gasteiger partial charge in [0.25, 0.3) is 11.1 Å². The second-order valence-corrected chi connectivity index (χ2v) is 13.0. The number of hydrogen-bond acceptors (Lipinski definition) is 12. The Labute approximate surface area is 234 Å². The van der Waals surface area contributed by atoms with Crippen molar-refractivity contribution in [2.24, 2.45) is 11.8 Å². The number of halogens is 1. The van der Waals surface area contributed by atoms with Gasteiger partial charge in [-0.15, -0.1) is 0 Å². The molecular weight excluding hydrogens is 584 g/mol. The Morgan fingerprint density at radius 3 is 2.88 bits per heavy atom. The maximum Gasteiger partial charge on any atom is 0.325 e. The van der Waals surface area contributed by atoms with E-state index in [4.69, 9.17) is 31.3 Å². The average molecular weight is 612 g/mol. The molecule has 8 atom stereocenters. The molecule has 2 aliphatic rings. The number of aliphatic hydroxyl groups is 1. The summed E-state index contributed by atoms with van der Waals surface area (Å²) in [6, 6.07) is 0. The molecule has 6 rings (SSSR count). The maximum atomic E-state index is 16.0. The van der Waals surface area contributed by atoms with Crippen molar-refractivity contribution < 1.29 is 28.2 Å². The maximum absolute atomic E-state index is 16.0. The summed E-state index contributed by atoms with van der Waals surface area (Å²) in [6.45, 7) is -2.62. The van der Waals surface area contributed by atoms with Gasteiger partial charge < -0.3 is 30.0 Å². The molecule has 2 aliphatic heterocycles. The van der Waals surface area contributed by atoms with Crippen LogP contribution in [0.5, 0.6) is 0 Å². The molecule has 0 aliphatic carbocycles. The number of nitrogens with zero attached hydrogens (tertiary/aromatic N) is 6. The lowest BCUT2D eigenvalue weighted by atomic mass is 9.87. The van der Waals surface area contributed by atoms with E-state index in [-0.39, 0.29) is 35.3 Å². The lowest BCUT2D eigenvalue weighted by molar-refractivity contribution is -0.0724. The molecule has 0 amide bonds. The van der Waals surface area contributed by atoms with Gasteiger partial charge in [0.05, 0.1) is 30.9 Å². The largest absolute Gasteiger partial charge is 0.370 e. The van der Waals surface area contributed by atoms with E-state index in [2.05, 4.69) is 30.0 Å². The predicted molar refractivity (Wildman–Crippen MR) is 144 cm³/mol. The molecule has 2 fully saturated rings. The molecule has 4 aromatic rings. The summed E-state index contributed by atoms with van der Waals surface area (Å²) in [5, 5.41) is 15.4. The molecule has 2 unspecified atom stereocenters. The van der Waals surface area contributed by atoms with Crippen LogP contribution in [0.25, 0.3) is 16.8 Å². The van der Waals surface area contributed by atoms with Crippen LogP contribution >= 0.6 is 6.72 Å². The van der Waals surface area contributed by atoms with E-state index in [1.165, 1.54) is 17.0 Å². The summed E-state index contributed by atoms with van der Waals surface area (Å²) in [6.07, 6.45) is -1.01. The number of H-pyrrole nitrogens is 2. The summed E-state index contributed by atoms with van der Waals surface area (Å²) < 4.78 is 35.9. The quantitative estimate of drug-likeness (QED) is 0.199. The van der Waals surface area contributed by atoms with Crippen LogP contribution in [-0.2, 0) is 25.6 Å². The minimum Gasteiger partial charge on any atom is -0.370 e. The summed E-state index contributed by atoms with van der Waals surface area (Å²) in [4.78, 5) is 52.0. The van der Waals surface area contributed by atoms with Crippen molar-refractivity contribution in [1.29, 1.82) is 0 Å². The van der Waals surface area contributed by atoms with Gasteiger partial charge in [-0.1, -0.05) is 6.92 Å². The van der Waals surface area contributed by atoms with Crippen molar-refractivity contribution >= 4 is 41.3 Å². The van der Waals surface area contributed by atoms with Crippen LogP contribution in [-0.4, -0.2) is 74.1 Å². The Balaban J connectivity index is 1.26. The summed E-state index contributed by atoms with van der Waals surface area (Å²) in [5.74, 6) is -0.998. The average Bonchev–Trinajstić information content (AvgIpc) is 3.65. The van der Waals surface area contributed by atoms with E-state index >= 15 is 4.39 Å². The Morgan fingerprint density at radius 2 is 2.07 bits per heavy atom. The second kappa shape index (κ2) is 10.6. The van der Waals surface area contributed by atoms with Gasteiger partial charge in [-0.25, -0.2) is 18.9 Å². The van der Waals surface area contributed by atoms with E-state index < -0.39 is 54.5 Å². The van der Waals surface area contributed by atoms with Gasteiger partial charge in [-0.2, -0.15) is 10.1 Å². The van der Waals surface area contributed by atoms with Crippen LogP contribution in [0.2, 0.25) is 0 Å². The van der Waals surface area contributed by atoms with Gasteiger partial charge >= 0.3 is 6.72 Å². The monoisotopic (exact) mass is 611 g/mol. The molecule has 6 N–H and O–H groups in total. The third kappa shape index (κ3) is 5.20. The third-order valence-electron chi connectivity index (χ3n) is 7.58. The van der Waals surface area contributed by atoms with Crippen molar-refractivity contribution in [3.8, 4) is 0 Å². The number of ether oxygens (including phenoxy) is 1. The van der Waals surface area contributed by atoms with Crippen molar-refractivity contribution in [2.45, 2.75) is 56.9 Å².